The van der Waals surface area contributed by atoms with E-state index in [0.29, 0.717) is 0 Å². The number of rotatable bonds is 12. The summed E-state index contributed by atoms with van der Waals surface area (Å²) in [5.74, 6) is -94.4. The molecule has 1 aromatic heterocycles. The van der Waals surface area contributed by atoms with Gasteiger partial charge in [0.1, 0.15) is 11.6 Å². The Morgan fingerprint density at radius 3 is 0.820 bits per heavy atom. The fourth-order valence-electron chi connectivity index (χ4n) is 2.79. The first kappa shape index (κ1) is 44.3. The Balaban J connectivity index is 3.46. The van der Waals surface area contributed by atoms with E-state index in [9.17, 15) is 124 Å². The molecule has 0 fully saturated rings. The molecule has 50 heavy (non-hydrogen) atoms. The van der Waals surface area contributed by atoms with Gasteiger partial charge in [0.15, 0.2) is 0 Å². The Hall–Kier alpha value is -3.73. The van der Waals surface area contributed by atoms with Gasteiger partial charge in [-0.05, 0) is 12.1 Å². The Morgan fingerprint density at radius 1 is 0.380 bits per heavy atom. The molecule has 2 N–H and O–H groups in total. The van der Waals surface area contributed by atoms with Crippen LogP contribution in [0.2, 0.25) is 0 Å². The van der Waals surface area contributed by atoms with Gasteiger partial charge in [-0.1, -0.05) is 6.07 Å². The molecule has 0 radical (unpaired) electrons. The molecule has 0 unspecified atom stereocenters. The molecule has 0 saturated carbocycles. The van der Waals surface area contributed by atoms with Gasteiger partial charge >= 0.3 is 83.4 Å². The largest absolute Gasteiger partial charge is 0.460 e. The van der Waals surface area contributed by atoms with Crippen molar-refractivity contribution >= 4 is 23.5 Å². The number of hydrogen-bond acceptors (Lipinski definition) is 3. The number of anilines is 2. The second kappa shape index (κ2) is 11.9. The van der Waals surface area contributed by atoms with Crippen molar-refractivity contribution in [2.75, 3.05) is 10.6 Å². The van der Waals surface area contributed by atoms with Crippen LogP contribution in [0.25, 0.3) is 0 Å². The Morgan fingerprint density at radius 2 is 0.600 bits per heavy atom. The molecule has 290 valence electrons. The lowest BCUT2D eigenvalue weighted by atomic mass is 9.93. The first-order valence-electron chi connectivity index (χ1n) is 11.0. The topological polar surface area (TPSA) is 71.1 Å². The van der Waals surface area contributed by atoms with Gasteiger partial charge in [-0.3, -0.25) is 9.59 Å². The molecule has 0 saturated heterocycles. The quantitative estimate of drug-likeness (QED) is 0.209. The summed E-state index contributed by atoms with van der Waals surface area (Å²) in [5, 5.41) is 0.349. The van der Waals surface area contributed by atoms with Crippen LogP contribution < -0.4 is 10.6 Å². The highest BCUT2D eigenvalue weighted by Crippen LogP contribution is 2.62. The lowest BCUT2D eigenvalue weighted by Gasteiger charge is -2.39. The molecule has 2 amide bonds. The lowest BCUT2D eigenvalue weighted by Crippen LogP contribution is -2.71. The highest BCUT2D eigenvalue weighted by molar-refractivity contribution is 5.98. The molecule has 1 aromatic rings. The average Bonchev–Trinajstić information content (AvgIpc) is 2.90. The zero-order valence-corrected chi connectivity index (χ0v) is 21.8. The van der Waals surface area contributed by atoms with Crippen molar-refractivity contribution in [2.45, 2.75) is 71.6 Å². The van der Waals surface area contributed by atoms with Gasteiger partial charge in [0.25, 0.3) is 0 Å². The van der Waals surface area contributed by atoms with Crippen LogP contribution in [0.5, 0.6) is 0 Å². The molecule has 1 rings (SSSR count). The van der Waals surface area contributed by atoms with Gasteiger partial charge in [0.2, 0.25) is 0 Å². The van der Waals surface area contributed by atoms with E-state index >= 15 is 0 Å². The summed E-state index contributed by atoms with van der Waals surface area (Å²) in [4.78, 5) is 25.4. The minimum Gasteiger partial charge on any atom is -0.305 e. The molecular formula is C19H5F26N3O2. The molecule has 0 aliphatic heterocycles. The summed E-state index contributed by atoms with van der Waals surface area (Å²) in [6, 6.07) is -0.274. The first-order chi connectivity index (χ1) is 21.5. The molecule has 31 heteroatoms. The Bertz CT molecular complexity index is 1340. The minimum atomic E-state index is -8.51. The van der Waals surface area contributed by atoms with Crippen molar-refractivity contribution in [1.29, 1.82) is 0 Å². The van der Waals surface area contributed by atoms with Crippen molar-refractivity contribution in [3.05, 3.63) is 18.2 Å². The number of carbonyl (C=O) groups is 2. The Kier molecular flexibility index (Phi) is 10.6. The number of alkyl halides is 26. The number of halogens is 26. The number of nitrogens with zero attached hydrogens (tertiary/aromatic N) is 1. The van der Waals surface area contributed by atoms with E-state index in [1.54, 1.807) is 0 Å². The third-order valence-electron chi connectivity index (χ3n) is 5.67. The third kappa shape index (κ3) is 6.13. The van der Waals surface area contributed by atoms with Crippen LogP contribution in [0.1, 0.15) is 0 Å². The van der Waals surface area contributed by atoms with Crippen LogP contribution in [-0.2, 0) is 9.59 Å². The molecule has 1 heterocycles. The maximum Gasteiger partial charge on any atom is 0.460 e. The first-order valence-corrected chi connectivity index (χ1v) is 11.0. The summed E-state index contributed by atoms with van der Waals surface area (Å²) in [5.41, 5.74) is 0. The summed E-state index contributed by atoms with van der Waals surface area (Å²) < 4.78 is 342. The summed E-state index contributed by atoms with van der Waals surface area (Å²) in [6.07, 6.45) is -15.7. The van der Waals surface area contributed by atoms with Crippen molar-refractivity contribution < 1.29 is 124 Å². The monoisotopic (exact) mass is 801 g/mol. The van der Waals surface area contributed by atoms with E-state index in [1.165, 1.54) is 0 Å². The van der Waals surface area contributed by atoms with E-state index in [0.717, 1.165) is 0 Å². The molecular weight excluding hydrogens is 796 g/mol. The predicted molar refractivity (Wildman–Crippen MR) is 103 cm³/mol. The average molecular weight is 801 g/mol. The van der Waals surface area contributed by atoms with Crippen LogP contribution >= 0.6 is 0 Å². The third-order valence-corrected chi connectivity index (χ3v) is 5.67. The van der Waals surface area contributed by atoms with Gasteiger partial charge in [0.05, 0.1) is 0 Å². The van der Waals surface area contributed by atoms with Gasteiger partial charge in [-0.2, -0.15) is 114 Å². The molecule has 0 aliphatic carbocycles. The highest BCUT2D eigenvalue weighted by atomic mass is 19.4. The maximum absolute atomic E-state index is 13.9. The van der Waals surface area contributed by atoms with Crippen LogP contribution in [0.15, 0.2) is 18.2 Å². The number of amides is 2. The van der Waals surface area contributed by atoms with E-state index in [1.807, 2.05) is 0 Å². The van der Waals surface area contributed by atoms with Crippen molar-refractivity contribution in [3.63, 3.8) is 0 Å². The SMILES string of the molecule is O=C(Nc1cccc(NC(=O)C(F)(F)C(F)(F)C(F)(F)C(F)(F)C(F)(F)C(F)(F)F)n1)C(F)(F)C(F)(F)C(F)(F)C(F)(F)C(F)(F)C(F)(F)F. The zero-order chi connectivity index (χ0) is 40.6. The predicted octanol–water partition coefficient (Wildman–Crippen LogP) is 8.44. The molecule has 0 atom stereocenters. The number of carbonyl (C=O) groups excluding carboxylic acids is 2. The maximum atomic E-state index is 13.9. The van der Waals surface area contributed by atoms with Crippen molar-refractivity contribution in [1.82, 2.24) is 4.98 Å². The van der Waals surface area contributed by atoms with Gasteiger partial charge in [-0.25, -0.2) is 4.98 Å². The fourth-order valence-corrected chi connectivity index (χ4v) is 2.79. The van der Waals surface area contributed by atoms with Crippen LogP contribution in [0.4, 0.5) is 126 Å². The van der Waals surface area contributed by atoms with Crippen LogP contribution in [0, 0.1) is 0 Å². The molecule has 0 aromatic carbocycles. The number of hydrogen-bond donors (Lipinski definition) is 2. The fraction of sp³-hybridized carbons (Fsp3) is 0.632. The highest BCUT2D eigenvalue weighted by Gasteiger charge is 2.93. The lowest BCUT2D eigenvalue weighted by molar-refractivity contribution is -0.436. The van der Waals surface area contributed by atoms with Crippen LogP contribution in [0.3, 0.4) is 0 Å². The Labute approximate surface area is 253 Å². The molecule has 0 aliphatic rings. The van der Waals surface area contributed by atoms with E-state index in [-0.39, 0.29) is 28.8 Å². The second-order valence-electron chi connectivity index (χ2n) is 9.06. The van der Waals surface area contributed by atoms with Crippen molar-refractivity contribution in [3.8, 4) is 0 Å². The van der Waals surface area contributed by atoms with E-state index in [4.69, 9.17) is 0 Å². The van der Waals surface area contributed by atoms with E-state index < -0.39 is 95.0 Å². The number of nitrogens with one attached hydrogen (secondary N) is 2. The number of pyridine rings is 1. The molecule has 5 nitrogen and oxygen atoms in total. The molecule has 0 spiro atoms. The summed E-state index contributed by atoms with van der Waals surface area (Å²) >= 11 is 0. The van der Waals surface area contributed by atoms with E-state index in [2.05, 4.69) is 4.98 Å². The smallest absolute Gasteiger partial charge is 0.305 e. The summed E-state index contributed by atoms with van der Waals surface area (Å²) in [7, 11) is 0. The zero-order valence-electron chi connectivity index (χ0n) is 21.8. The van der Waals surface area contributed by atoms with Gasteiger partial charge in [-0.15, -0.1) is 0 Å². The van der Waals surface area contributed by atoms with Gasteiger partial charge in [0, 0.05) is 0 Å². The van der Waals surface area contributed by atoms with Gasteiger partial charge < -0.3 is 10.6 Å². The summed E-state index contributed by atoms with van der Waals surface area (Å²) in [6.45, 7) is 0. The number of aromatic nitrogens is 1. The van der Waals surface area contributed by atoms with Crippen molar-refractivity contribution in [2.24, 2.45) is 0 Å². The van der Waals surface area contributed by atoms with Crippen LogP contribution in [-0.4, -0.2) is 88.4 Å². The standard InChI is InChI=1S/C19H5F26N3O2/c20-8(21,10(24,25)12(28,29)14(32,33)16(36,37)18(40,41)42)6(49)47-4-2-1-3-5(46-4)48-7(50)9(22,23)11(26,27)13(30,31)15(34,35)17(38,39)19(43,44)45/h1-3H,(H2,46,47,48,49,50). The normalized spacial score (nSPS) is 15.6. The minimum absolute atomic E-state index is 0.00984. The second-order valence-corrected chi connectivity index (χ2v) is 9.06. The molecule has 0 bridgehead atoms.